The maximum atomic E-state index is 11.5. The zero-order valence-electron chi connectivity index (χ0n) is 13.4. The molecule has 8 heteroatoms. The predicted molar refractivity (Wildman–Crippen MR) is 93.6 cm³/mol. The Balaban J connectivity index is 1.72. The van der Waals surface area contributed by atoms with Gasteiger partial charge in [-0.25, -0.2) is 18.4 Å². The summed E-state index contributed by atoms with van der Waals surface area (Å²) >= 11 is 0. The van der Waals surface area contributed by atoms with Crippen LogP contribution in [-0.4, -0.2) is 42.5 Å². The van der Waals surface area contributed by atoms with Crippen molar-refractivity contribution in [3.05, 3.63) is 36.7 Å². The van der Waals surface area contributed by atoms with E-state index in [0.29, 0.717) is 24.7 Å². The average molecular weight is 348 g/mol. The quantitative estimate of drug-likeness (QED) is 0.827. The monoisotopic (exact) mass is 348 g/mol. The molecule has 1 atom stereocenters. The number of hydrogen-bond donors (Lipinski definition) is 2. The Kier molecular flexibility index (Phi) is 4.84. The van der Waals surface area contributed by atoms with Gasteiger partial charge < -0.3 is 15.4 Å². The van der Waals surface area contributed by atoms with Crippen molar-refractivity contribution < 1.29 is 13.2 Å². The fourth-order valence-electron chi connectivity index (χ4n) is 2.61. The lowest BCUT2D eigenvalue weighted by Gasteiger charge is -2.14. The summed E-state index contributed by atoms with van der Waals surface area (Å²) in [4.78, 5) is 8.37. The van der Waals surface area contributed by atoms with Crippen molar-refractivity contribution in [2.75, 3.05) is 28.7 Å². The van der Waals surface area contributed by atoms with Gasteiger partial charge in [-0.1, -0.05) is 12.1 Å². The molecule has 0 aliphatic carbocycles. The number of anilines is 3. The van der Waals surface area contributed by atoms with E-state index >= 15 is 0 Å². The highest BCUT2D eigenvalue weighted by molar-refractivity contribution is 7.91. The van der Waals surface area contributed by atoms with E-state index in [1.807, 2.05) is 31.2 Å². The molecular formula is C16H20N4O3S. The summed E-state index contributed by atoms with van der Waals surface area (Å²) in [6.45, 7) is 2.50. The summed E-state index contributed by atoms with van der Waals surface area (Å²) in [5, 5.41) is 6.37. The van der Waals surface area contributed by atoms with Gasteiger partial charge in [0, 0.05) is 12.1 Å². The van der Waals surface area contributed by atoms with Crippen molar-refractivity contribution in [3.8, 4) is 5.75 Å². The Labute approximate surface area is 141 Å². The first-order valence-corrected chi connectivity index (χ1v) is 9.66. The summed E-state index contributed by atoms with van der Waals surface area (Å²) in [7, 11) is -2.92. The molecule has 0 bridgehead atoms. The molecule has 1 aromatic heterocycles. The van der Waals surface area contributed by atoms with Gasteiger partial charge in [-0.3, -0.25) is 0 Å². The Bertz CT molecular complexity index is 810. The van der Waals surface area contributed by atoms with Gasteiger partial charge in [-0.05, 0) is 25.5 Å². The van der Waals surface area contributed by atoms with Crippen molar-refractivity contribution in [2.24, 2.45) is 0 Å². The number of sulfone groups is 1. The van der Waals surface area contributed by atoms with Crippen LogP contribution in [0.5, 0.6) is 5.75 Å². The second-order valence-electron chi connectivity index (χ2n) is 5.59. The van der Waals surface area contributed by atoms with Gasteiger partial charge in [0.2, 0.25) is 0 Å². The van der Waals surface area contributed by atoms with E-state index in [1.165, 1.54) is 6.33 Å². The van der Waals surface area contributed by atoms with Gasteiger partial charge >= 0.3 is 0 Å². The third kappa shape index (κ3) is 4.14. The standard InChI is InChI=1S/C16H20N4O3S/c1-2-23-14-6-4-3-5-13(14)20-16-9-15(17-11-18-16)19-12-7-8-24(21,22)10-12/h3-6,9,11-12H,2,7-8,10H2,1H3,(H2,17,18,19,20). The summed E-state index contributed by atoms with van der Waals surface area (Å²) < 4.78 is 28.7. The Morgan fingerprint density at radius 2 is 2.04 bits per heavy atom. The fraction of sp³-hybridized carbons (Fsp3) is 0.375. The zero-order chi connectivity index (χ0) is 17.0. The molecule has 1 aliphatic rings. The number of aromatic nitrogens is 2. The van der Waals surface area contributed by atoms with Crippen LogP contribution < -0.4 is 15.4 Å². The lowest BCUT2D eigenvalue weighted by Crippen LogP contribution is -2.21. The summed E-state index contributed by atoms with van der Waals surface area (Å²) in [6.07, 6.45) is 2.04. The van der Waals surface area contributed by atoms with Crippen LogP contribution in [0, 0.1) is 0 Å². The molecule has 0 saturated carbocycles. The molecule has 0 spiro atoms. The van der Waals surface area contributed by atoms with Crippen molar-refractivity contribution in [1.82, 2.24) is 9.97 Å². The van der Waals surface area contributed by atoms with Crippen LogP contribution in [0.4, 0.5) is 17.3 Å². The van der Waals surface area contributed by atoms with Crippen molar-refractivity contribution in [2.45, 2.75) is 19.4 Å². The second kappa shape index (κ2) is 7.04. The molecule has 3 rings (SSSR count). The molecule has 1 unspecified atom stereocenters. The van der Waals surface area contributed by atoms with Crippen molar-refractivity contribution >= 4 is 27.2 Å². The molecular weight excluding hydrogens is 328 g/mol. The maximum absolute atomic E-state index is 11.5. The van der Waals surface area contributed by atoms with Gasteiger partial charge in [-0.2, -0.15) is 0 Å². The molecule has 2 N–H and O–H groups in total. The fourth-order valence-corrected chi connectivity index (χ4v) is 4.29. The summed E-state index contributed by atoms with van der Waals surface area (Å²) in [5.74, 6) is 2.33. The molecule has 2 heterocycles. The van der Waals surface area contributed by atoms with Crippen LogP contribution in [0.3, 0.4) is 0 Å². The second-order valence-corrected chi connectivity index (χ2v) is 7.82. The smallest absolute Gasteiger partial charge is 0.152 e. The highest BCUT2D eigenvalue weighted by Crippen LogP contribution is 2.27. The normalized spacial score (nSPS) is 19.0. The van der Waals surface area contributed by atoms with Crippen molar-refractivity contribution in [3.63, 3.8) is 0 Å². The van der Waals surface area contributed by atoms with Gasteiger partial charge in [0.15, 0.2) is 9.84 Å². The SMILES string of the molecule is CCOc1ccccc1Nc1cc(NC2CCS(=O)(=O)C2)ncn1. The Hall–Kier alpha value is -2.35. The first-order chi connectivity index (χ1) is 11.6. The Morgan fingerprint density at radius 1 is 1.25 bits per heavy atom. The van der Waals surface area contributed by atoms with Gasteiger partial charge in [0.1, 0.15) is 23.7 Å². The van der Waals surface area contributed by atoms with Crippen LogP contribution in [0.25, 0.3) is 0 Å². The number of para-hydroxylation sites is 2. The lowest BCUT2D eigenvalue weighted by molar-refractivity contribution is 0.342. The third-order valence-corrected chi connectivity index (χ3v) is 5.47. The van der Waals surface area contributed by atoms with Crippen LogP contribution in [0.15, 0.2) is 36.7 Å². The van der Waals surface area contributed by atoms with E-state index in [9.17, 15) is 8.42 Å². The van der Waals surface area contributed by atoms with Gasteiger partial charge in [0.25, 0.3) is 0 Å². The minimum absolute atomic E-state index is 0.103. The molecule has 1 fully saturated rings. The van der Waals surface area contributed by atoms with E-state index in [1.54, 1.807) is 6.07 Å². The molecule has 1 aliphatic heterocycles. The molecule has 1 aromatic carbocycles. The highest BCUT2D eigenvalue weighted by Gasteiger charge is 2.27. The van der Waals surface area contributed by atoms with E-state index in [-0.39, 0.29) is 17.5 Å². The summed E-state index contributed by atoms with van der Waals surface area (Å²) in [5.41, 5.74) is 0.812. The molecule has 0 amide bonds. The van der Waals surface area contributed by atoms with Crippen LogP contribution in [-0.2, 0) is 9.84 Å². The van der Waals surface area contributed by atoms with Crippen LogP contribution >= 0.6 is 0 Å². The van der Waals surface area contributed by atoms with Crippen LogP contribution in [0.1, 0.15) is 13.3 Å². The molecule has 1 saturated heterocycles. The lowest BCUT2D eigenvalue weighted by atomic mass is 10.2. The molecule has 0 radical (unpaired) electrons. The predicted octanol–water partition coefficient (Wildman–Crippen LogP) is 2.22. The maximum Gasteiger partial charge on any atom is 0.152 e. The average Bonchev–Trinajstić information content (AvgIpc) is 2.89. The molecule has 7 nitrogen and oxygen atoms in total. The molecule has 128 valence electrons. The number of nitrogens with one attached hydrogen (secondary N) is 2. The van der Waals surface area contributed by atoms with Crippen LogP contribution in [0.2, 0.25) is 0 Å². The van der Waals surface area contributed by atoms with Gasteiger partial charge in [-0.15, -0.1) is 0 Å². The molecule has 2 aromatic rings. The molecule has 24 heavy (non-hydrogen) atoms. The summed E-state index contributed by atoms with van der Waals surface area (Å²) in [6, 6.07) is 9.26. The minimum Gasteiger partial charge on any atom is -0.492 e. The first-order valence-electron chi connectivity index (χ1n) is 7.83. The number of nitrogens with zero attached hydrogens (tertiary/aromatic N) is 2. The van der Waals surface area contributed by atoms with E-state index in [2.05, 4.69) is 20.6 Å². The van der Waals surface area contributed by atoms with E-state index < -0.39 is 9.84 Å². The largest absolute Gasteiger partial charge is 0.492 e. The number of ether oxygens (including phenoxy) is 1. The third-order valence-electron chi connectivity index (χ3n) is 3.70. The first kappa shape index (κ1) is 16.5. The number of rotatable bonds is 6. The van der Waals surface area contributed by atoms with E-state index in [0.717, 1.165) is 11.4 Å². The van der Waals surface area contributed by atoms with E-state index in [4.69, 9.17) is 4.74 Å². The Morgan fingerprint density at radius 3 is 2.79 bits per heavy atom. The topological polar surface area (TPSA) is 93.2 Å². The van der Waals surface area contributed by atoms with Gasteiger partial charge in [0.05, 0.1) is 23.8 Å². The van der Waals surface area contributed by atoms with Crippen molar-refractivity contribution in [1.29, 1.82) is 0 Å². The number of benzene rings is 1. The highest BCUT2D eigenvalue weighted by atomic mass is 32.2. The number of hydrogen-bond acceptors (Lipinski definition) is 7. The minimum atomic E-state index is -2.92. The zero-order valence-corrected chi connectivity index (χ0v) is 14.2.